The van der Waals surface area contributed by atoms with Gasteiger partial charge in [-0.15, -0.1) is 0 Å². The first-order valence-corrected chi connectivity index (χ1v) is 7.96. The molecule has 126 valence electrons. The van der Waals surface area contributed by atoms with Crippen LogP contribution in [0.25, 0.3) is 0 Å². The Labute approximate surface area is 139 Å². The number of amides is 2. The molecule has 0 spiro atoms. The fourth-order valence-electron chi connectivity index (χ4n) is 2.65. The van der Waals surface area contributed by atoms with Gasteiger partial charge in [0.1, 0.15) is 11.6 Å². The first-order valence-electron chi connectivity index (χ1n) is 7.96. The molecule has 2 amide bonds. The van der Waals surface area contributed by atoms with Crippen LogP contribution in [0.1, 0.15) is 17.7 Å². The molecule has 1 fully saturated rings. The monoisotopic (exact) mass is 330 g/mol. The van der Waals surface area contributed by atoms with E-state index in [1.807, 2.05) is 0 Å². The molecule has 5 nitrogen and oxygen atoms in total. The van der Waals surface area contributed by atoms with Gasteiger partial charge in [-0.2, -0.15) is 0 Å². The quantitative estimate of drug-likeness (QED) is 0.816. The van der Waals surface area contributed by atoms with Crippen molar-refractivity contribution in [2.45, 2.75) is 19.4 Å². The number of carbonyl (C=O) groups is 2. The Kier molecular flexibility index (Phi) is 4.93. The van der Waals surface area contributed by atoms with Gasteiger partial charge in [-0.25, -0.2) is 4.39 Å². The average Bonchev–Trinajstić information content (AvgIpc) is 3.22. The molecule has 0 aliphatic heterocycles. The van der Waals surface area contributed by atoms with Crippen molar-refractivity contribution >= 4 is 11.8 Å². The van der Waals surface area contributed by atoms with E-state index in [9.17, 15) is 14.0 Å². The Bertz CT molecular complexity index is 715. The second-order valence-electron chi connectivity index (χ2n) is 5.88. The highest BCUT2D eigenvalue weighted by Gasteiger charge is 2.47. The number of carbonyl (C=O) groups excluding carboxylic acids is 2. The molecule has 1 aliphatic carbocycles. The third-order valence-electron chi connectivity index (χ3n) is 4.13. The van der Waals surface area contributed by atoms with E-state index in [0.29, 0.717) is 37.3 Å². The number of hydrogen-bond donors (Lipinski definition) is 2. The Morgan fingerprint density at radius 2 is 1.83 bits per heavy atom. The van der Waals surface area contributed by atoms with Crippen molar-refractivity contribution in [1.82, 2.24) is 10.6 Å². The molecule has 1 heterocycles. The first-order chi connectivity index (χ1) is 11.6. The SMILES string of the molecule is O=C(NCCc1ccccc1F)C1CC1C(=O)NCc1ccco1. The van der Waals surface area contributed by atoms with Crippen LogP contribution in [0.3, 0.4) is 0 Å². The Balaban J connectivity index is 1.38. The summed E-state index contributed by atoms with van der Waals surface area (Å²) in [5.41, 5.74) is 0.571. The van der Waals surface area contributed by atoms with Crippen molar-refractivity contribution in [2.24, 2.45) is 11.8 Å². The maximum atomic E-state index is 13.5. The van der Waals surface area contributed by atoms with E-state index in [1.165, 1.54) is 6.07 Å². The number of nitrogens with one attached hydrogen (secondary N) is 2. The molecule has 6 heteroatoms. The maximum Gasteiger partial charge on any atom is 0.224 e. The van der Waals surface area contributed by atoms with Gasteiger partial charge in [-0.05, 0) is 36.6 Å². The largest absolute Gasteiger partial charge is 0.467 e. The number of halogens is 1. The Morgan fingerprint density at radius 1 is 1.08 bits per heavy atom. The van der Waals surface area contributed by atoms with Crippen LogP contribution in [0, 0.1) is 17.7 Å². The van der Waals surface area contributed by atoms with Gasteiger partial charge in [0, 0.05) is 6.54 Å². The molecule has 1 aromatic carbocycles. The van der Waals surface area contributed by atoms with E-state index in [0.717, 1.165) is 0 Å². The van der Waals surface area contributed by atoms with Gasteiger partial charge in [0.25, 0.3) is 0 Å². The second kappa shape index (κ2) is 7.29. The van der Waals surface area contributed by atoms with Crippen LogP contribution >= 0.6 is 0 Å². The van der Waals surface area contributed by atoms with E-state index in [4.69, 9.17) is 4.42 Å². The molecule has 2 N–H and O–H groups in total. The molecule has 2 unspecified atom stereocenters. The van der Waals surface area contributed by atoms with Gasteiger partial charge in [-0.1, -0.05) is 18.2 Å². The van der Waals surface area contributed by atoms with E-state index in [1.54, 1.807) is 36.6 Å². The smallest absolute Gasteiger partial charge is 0.224 e. The number of rotatable bonds is 7. The molecule has 0 radical (unpaired) electrons. The van der Waals surface area contributed by atoms with E-state index in [2.05, 4.69) is 10.6 Å². The molecule has 0 bridgehead atoms. The minimum absolute atomic E-state index is 0.138. The number of furan rings is 1. The van der Waals surface area contributed by atoms with Crippen molar-refractivity contribution in [1.29, 1.82) is 0 Å². The highest BCUT2D eigenvalue weighted by Crippen LogP contribution is 2.38. The summed E-state index contributed by atoms with van der Waals surface area (Å²) in [4.78, 5) is 24.0. The lowest BCUT2D eigenvalue weighted by Gasteiger charge is -2.06. The predicted molar refractivity (Wildman–Crippen MR) is 85.3 cm³/mol. The molecule has 1 aromatic heterocycles. The van der Waals surface area contributed by atoms with E-state index >= 15 is 0 Å². The lowest BCUT2D eigenvalue weighted by Crippen LogP contribution is -2.31. The van der Waals surface area contributed by atoms with Crippen LogP contribution < -0.4 is 10.6 Å². The lowest BCUT2D eigenvalue weighted by molar-refractivity contribution is -0.127. The third-order valence-corrected chi connectivity index (χ3v) is 4.13. The highest BCUT2D eigenvalue weighted by atomic mass is 19.1. The minimum atomic E-state index is -0.290. The predicted octanol–water partition coefficient (Wildman–Crippen LogP) is 2.03. The van der Waals surface area contributed by atoms with Crippen molar-refractivity contribution in [3.63, 3.8) is 0 Å². The molecule has 3 rings (SSSR count). The number of hydrogen-bond acceptors (Lipinski definition) is 3. The summed E-state index contributed by atoms with van der Waals surface area (Å²) < 4.78 is 18.6. The van der Waals surface area contributed by atoms with Gasteiger partial charge in [0.05, 0.1) is 24.6 Å². The topological polar surface area (TPSA) is 71.3 Å². The van der Waals surface area contributed by atoms with Crippen LogP contribution in [0.2, 0.25) is 0 Å². The minimum Gasteiger partial charge on any atom is -0.467 e. The lowest BCUT2D eigenvalue weighted by atomic mass is 10.1. The van der Waals surface area contributed by atoms with Gasteiger partial charge < -0.3 is 15.1 Å². The fraction of sp³-hybridized carbons (Fsp3) is 0.333. The summed E-state index contributed by atoms with van der Waals surface area (Å²) in [5, 5.41) is 5.53. The zero-order valence-corrected chi connectivity index (χ0v) is 13.1. The van der Waals surface area contributed by atoms with Crippen molar-refractivity contribution in [2.75, 3.05) is 6.54 Å². The van der Waals surface area contributed by atoms with Crippen LogP contribution in [0.4, 0.5) is 4.39 Å². The molecular weight excluding hydrogens is 311 g/mol. The zero-order valence-electron chi connectivity index (χ0n) is 13.1. The van der Waals surface area contributed by atoms with Gasteiger partial charge >= 0.3 is 0 Å². The maximum absolute atomic E-state index is 13.5. The van der Waals surface area contributed by atoms with Crippen LogP contribution in [-0.4, -0.2) is 18.4 Å². The third kappa shape index (κ3) is 4.01. The summed E-state index contributed by atoms with van der Waals surface area (Å²) in [6, 6.07) is 10.0. The fourth-order valence-corrected chi connectivity index (χ4v) is 2.65. The van der Waals surface area contributed by atoms with Crippen molar-refractivity contribution in [3.8, 4) is 0 Å². The van der Waals surface area contributed by atoms with Crippen LogP contribution in [0.15, 0.2) is 47.1 Å². The van der Waals surface area contributed by atoms with E-state index in [-0.39, 0.29) is 29.5 Å². The molecule has 1 aliphatic rings. The van der Waals surface area contributed by atoms with Crippen LogP contribution in [-0.2, 0) is 22.6 Å². The molecule has 0 saturated heterocycles. The summed E-state index contributed by atoms with van der Waals surface area (Å²) in [6.45, 7) is 0.682. The zero-order chi connectivity index (χ0) is 16.9. The Morgan fingerprint density at radius 3 is 2.54 bits per heavy atom. The molecule has 2 atom stereocenters. The molecule has 2 aromatic rings. The van der Waals surface area contributed by atoms with Gasteiger partial charge in [-0.3, -0.25) is 9.59 Å². The molecule has 24 heavy (non-hydrogen) atoms. The summed E-state index contributed by atoms with van der Waals surface area (Å²) in [5.74, 6) is -0.455. The average molecular weight is 330 g/mol. The van der Waals surface area contributed by atoms with Crippen LogP contribution in [0.5, 0.6) is 0 Å². The number of benzene rings is 1. The van der Waals surface area contributed by atoms with Gasteiger partial charge in [0.15, 0.2) is 0 Å². The van der Waals surface area contributed by atoms with Crippen molar-refractivity contribution < 1.29 is 18.4 Å². The summed E-state index contributed by atoms with van der Waals surface area (Å²) in [7, 11) is 0. The van der Waals surface area contributed by atoms with E-state index < -0.39 is 0 Å². The summed E-state index contributed by atoms with van der Waals surface area (Å²) >= 11 is 0. The Hall–Kier alpha value is -2.63. The highest BCUT2D eigenvalue weighted by molar-refractivity contribution is 5.92. The summed E-state index contributed by atoms with van der Waals surface area (Å²) in [6.07, 6.45) is 2.53. The molecule has 1 saturated carbocycles. The first kappa shape index (κ1) is 16.2. The van der Waals surface area contributed by atoms with Gasteiger partial charge in [0.2, 0.25) is 11.8 Å². The second-order valence-corrected chi connectivity index (χ2v) is 5.88. The van der Waals surface area contributed by atoms with Crippen molar-refractivity contribution in [3.05, 3.63) is 59.8 Å². The standard InChI is InChI=1S/C18H19FN2O3/c19-16-6-2-1-4-12(16)7-8-20-17(22)14-10-15(14)18(23)21-11-13-5-3-9-24-13/h1-6,9,14-15H,7-8,10-11H2,(H,20,22)(H,21,23). The molecular formula is C18H19FN2O3. The normalized spacial score (nSPS) is 18.9.